The zero-order valence-corrected chi connectivity index (χ0v) is 19.5. The molecule has 3 atom stereocenters. The van der Waals surface area contributed by atoms with E-state index in [0.717, 1.165) is 10.5 Å². The summed E-state index contributed by atoms with van der Waals surface area (Å²) < 4.78 is 6.28. The number of amides is 2. The molecule has 0 bridgehead atoms. The van der Waals surface area contributed by atoms with Crippen LogP contribution in [0, 0.1) is 11.8 Å². The molecule has 3 aromatic rings. The van der Waals surface area contributed by atoms with E-state index < -0.39 is 46.9 Å². The molecule has 0 aromatic heterocycles. The van der Waals surface area contributed by atoms with Crippen molar-refractivity contribution in [1.29, 1.82) is 0 Å². The minimum atomic E-state index is -2.11. The van der Waals surface area contributed by atoms with Crippen molar-refractivity contribution in [3.63, 3.8) is 0 Å². The predicted octanol–water partition coefficient (Wildman–Crippen LogP) is 4.60. The number of rotatable bonds is 3. The molecule has 2 amide bonds. The molecule has 2 saturated heterocycles. The maximum atomic E-state index is 14.0. The van der Waals surface area contributed by atoms with Crippen LogP contribution in [0.2, 0.25) is 5.02 Å². The first-order valence-corrected chi connectivity index (χ1v) is 11.9. The highest BCUT2D eigenvalue weighted by atomic mass is 35.5. The van der Waals surface area contributed by atoms with Gasteiger partial charge in [0.05, 0.1) is 23.6 Å². The summed E-state index contributed by atoms with van der Waals surface area (Å²) in [6.07, 6.45) is -0.437. The molecule has 0 unspecified atom stereocenters. The van der Waals surface area contributed by atoms with Crippen LogP contribution in [-0.4, -0.2) is 29.0 Å². The van der Waals surface area contributed by atoms with E-state index in [4.69, 9.17) is 16.3 Å². The number of ketones is 2. The molecule has 0 radical (unpaired) electrons. The zero-order chi connectivity index (χ0) is 24.5. The number of hydrogen-bond acceptors (Lipinski definition) is 5. The Morgan fingerprint density at radius 2 is 1.43 bits per heavy atom. The van der Waals surface area contributed by atoms with Crippen molar-refractivity contribution >= 4 is 40.7 Å². The molecule has 0 saturated carbocycles. The number of ether oxygens (including phenoxy) is 1. The number of hydrogen-bond donors (Lipinski definition) is 0. The third kappa shape index (κ3) is 2.75. The fraction of sp³-hybridized carbons (Fsp3) is 0.214. The molecule has 35 heavy (non-hydrogen) atoms. The molecule has 1 spiro atoms. The van der Waals surface area contributed by atoms with Crippen LogP contribution in [0.1, 0.15) is 44.9 Å². The summed E-state index contributed by atoms with van der Waals surface area (Å²) in [7, 11) is 0. The number of halogens is 1. The van der Waals surface area contributed by atoms with Crippen LogP contribution in [-0.2, 0) is 20.7 Å². The van der Waals surface area contributed by atoms with Crippen molar-refractivity contribution in [3.8, 4) is 0 Å². The average Bonchev–Trinajstić information content (AvgIpc) is 3.44. The Labute approximate surface area is 206 Å². The van der Waals surface area contributed by atoms with E-state index in [0.29, 0.717) is 22.7 Å². The molecule has 7 heteroatoms. The highest BCUT2D eigenvalue weighted by Crippen LogP contribution is 2.58. The standard InChI is InChI=1S/C28H20ClNO5/c1-2-15-9-3-8-14-20(15)30-26(33)21-22(27(30)34)28(35-23(21)18-12-6-7-13-19(18)29)24(31)16-10-4-5-11-17(16)25(28)32/h3-14,21-23H,2H2,1H3/t21-,22+,23-/m0/s1. The number of imide groups is 1. The summed E-state index contributed by atoms with van der Waals surface area (Å²) in [5, 5.41) is 0.330. The van der Waals surface area contributed by atoms with Gasteiger partial charge in [-0.15, -0.1) is 0 Å². The number of aryl methyl sites for hydroxylation is 1. The van der Waals surface area contributed by atoms with Crippen LogP contribution in [0.4, 0.5) is 5.69 Å². The van der Waals surface area contributed by atoms with E-state index >= 15 is 0 Å². The van der Waals surface area contributed by atoms with Crippen LogP contribution >= 0.6 is 11.6 Å². The molecule has 3 aliphatic rings. The lowest BCUT2D eigenvalue weighted by atomic mass is 9.77. The molecule has 1 aliphatic carbocycles. The minimum absolute atomic E-state index is 0.198. The minimum Gasteiger partial charge on any atom is -0.349 e. The molecule has 3 aromatic carbocycles. The molecule has 174 valence electrons. The fourth-order valence-corrected chi connectivity index (χ4v) is 6.01. The third-order valence-corrected chi connectivity index (χ3v) is 7.69. The highest BCUT2D eigenvalue weighted by molar-refractivity contribution is 6.37. The molecular formula is C28H20ClNO5. The predicted molar refractivity (Wildman–Crippen MR) is 128 cm³/mol. The lowest BCUT2D eigenvalue weighted by Crippen LogP contribution is -2.51. The number of nitrogens with zero attached hydrogens (tertiary/aromatic N) is 1. The first-order chi connectivity index (χ1) is 16.9. The van der Waals surface area contributed by atoms with Crippen LogP contribution in [0.25, 0.3) is 0 Å². The second-order valence-corrected chi connectivity index (χ2v) is 9.40. The normalized spacial score (nSPS) is 24.4. The summed E-state index contributed by atoms with van der Waals surface area (Å²) in [5.41, 5.74) is 0.0198. The maximum absolute atomic E-state index is 14.0. The van der Waals surface area contributed by atoms with Gasteiger partial charge in [0.2, 0.25) is 29.0 Å². The smallest absolute Gasteiger partial charge is 0.241 e. The van der Waals surface area contributed by atoms with Crippen molar-refractivity contribution in [3.05, 3.63) is 100 Å². The fourth-order valence-electron chi connectivity index (χ4n) is 5.77. The van der Waals surface area contributed by atoms with E-state index in [9.17, 15) is 19.2 Å². The first-order valence-electron chi connectivity index (χ1n) is 11.5. The Morgan fingerprint density at radius 1 is 0.829 bits per heavy atom. The third-order valence-electron chi connectivity index (χ3n) is 7.34. The molecule has 0 N–H and O–H groups in total. The van der Waals surface area contributed by atoms with Gasteiger partial charge in [0.15, 0.2) is 0 Å². The van der Waals surface area contributed by atoms with Crippen LogP contribution in [0.15, 0.2) is 72.8 Å². The number of anilines is 1. The lowest BCUT2D eigenvalue weighted by molar-refractivity contribution is -0.127. The Kier molecular flexibility index (Phi) is 4.82. The van der Waals surface area contributed by atoms with Crippen molar-refractivity contribution in [2.75, 3.05) is 4.90 Å². The number of carbonyl (C=O) groups excluding carboxylic acids is 4. The largest absolute Gasteiger partial charge is 0.349 e. The van der Waals surface area contributed by atoms with E-state index in [2.05, 4.69) is 0 Å². The van der Waals surface area contributed by atoms with Crippen molar-refractivity contribution in [2.45, 2.75) is 25.0 Å². The van der Waals surface area contributed by atoms with Gasteiger partial charge in [0.25, 0.3) is 0 Å². The summed E-state index contributed by atoms with van der Waals surface area (Å²) in [4.78, 5) is 56.7. The molecule has 2 heterocycles. The SMILES string of the molecule is CCc1ccccc1N1C(=O)[C@@H]2[C@H](c3ccccc3Cl)OC3(C(=O)c4ccccc4C3=O)[C@H]2C1=O. The quantitative estimate of drug-likeness (QED) is 0.400. The number of benzene rings is 3. The Balaban J connectivity index is 1.57. The van der Waals surface area contributed by atoms with Crippen LogP contribution in [0.5, 0.6) is 0 Å². The Bertz CT molecular complexity index is 1410. The monoisotopic (exact) mass is 485 g/mol. The van der Waals surface area contributed by atoms with Crippen LogP contribution in [0.3, 0.4) is 0 Å². The van der Waals surface area contributed by atoms with E-state index in [-0.39, 0.29) is 11.1 Å². The average molecular weight is 486 g/mol. The summed E-state index contributed by atoms with van der Waals surface area (Å²) in [6, 6.07) is 20.4. The van der Waals surface area contributed by atoms with E-state index in [1.165, 1.54) is 0 Å². The van der Waals surface area contributed by atoms with Crippen molar-refractivity contribution in [2.24, 2.45) is 11.8 Å². The maximum Gasteiger partial charge on any atom is 0.241 e. The van der Waals surface area contributed by atoms with E-state index in [1.54, 1.807) is 60.7 Å². The van der Waals surface area contributed by atoms with Crippen LogP contribution < -0.4 is 4.90 Å². The van der Waals surface area contributed by atoms with E-state index in [1.807, 2.05) is 19.1 Å². The van der Waals surface area contributed by atoms with Gasteiger partial charge in [0, 0.05) is 21.7 Å². The number of fused-ring (bicyclic) bond motifs is 3. The molecule has 6 rings (SSSR count). The van der Waals surface area contributed by atoms with Gasteiger partial charge in [-0.2, -0.15) is 0 Å². The second-order valence-electron chi connectivity index (χ2n) is 9.00. The van der Waals surface area contributed by atoms with Gasteiger partial charge in [-0.05, 0) is 24.1 Å². The van der Waals surface area contributed by atoms with Gasteiger partial charge in [-0.1, -0.05) is 79.2 Å². The molecule has 2 fully saturated rings. The number of Topliss-reactive ketones (excluding diaryl/α,β-unsaturated/α-hetero) is 2. The zero-order valence-electron chi connectivity index (χ0n) is 18.7. The number of para-hydroxylation sites is 1. The van der Waals surface area contributed by atoms with Gasteiger partial charge >= 0.3 is 0 Å². The topological polar surface area (TPSA) is 80.8 Å². The Hall–Kier alpha value is -3.61. The van der Waals surface area contributed by atoms with Gasteiger partial charge in [-0.3, -0.25) is 19.2 Å². The van der Waals surface area contributed by atoms with Crippen molar-refractivity contribution < 1.29 is 23.9 Å². The molecule has 6 nitrogen and oxygen atoms in total. The van der Waals surface area contributed by atoms with Crippen molar-refractivity contribution in [1.82, 2.24) is 0 Å². The highest BCUT2D eigenvalue weighted by Gasteiger charge is 2.75. The molecular weight excluding hydrogens is 466 g/mol. The number of carbonyl (C=O) groups is 4. The summed E-state index contributed by atoms with van der Waals surface area (Å²) in [5.74, 6) is -4.66. The first kappa shape index (κ1) is 21.9. The van der Waals surface area contributed by atoms with Gasteiger partial charge in [0.1, 0.15) is 0 Å². The summed E-state index contributed by atoms with van der Waals surface area (Å²) in [6.45, 7) is 1.93. The lowest BCUT2D eigenvalue weighted by Gasteiger charge is -2.28. The Morgan fingerprint density at radius 3 is 2.09 bits per heavy atom. The summed E-state index contributed by atoms with van der Waals surface area (Å²) >= 11 is 6.48. The van der Waals surface area contributed by atoms with Gasteiger partial charge in [-0.25, -0.2) is 4.90 Å². The molecule has 2 aliphatic heterocycles. The second kappa shape index (κ2) is 7.70. The van der Waals surface area contributed by atoms with Gasteiger partial charge < -0.3 is 4.74 Å².